The van der Waals surface area contributed by atoms with Crippen molar-refractivity contribution in [1.29, 1.82) is 0 Å². The van der Waals surface area contributed by atoms with Gasteiger partial charge in [0.05, 0.1) is 26.2 Å². The lowest BCUT2D eigenvalue weighted by Gasteiger charge is -2.08. The third-order valence-electron chi connectivity index (χ3n) is 4.02. The Hall–Kier alpha value is -3.59. The maximum absolute atomic E-state index is 12.1. The third-order valence-corrected chi connectivity index (χ3v) is 4.78. The molecule has 0 aliphatic rings. The van der Waals surface area contributed by atoms with Crippen LogP contribution in [0.1, 0.15) is 12.2 Å². The largest absolute Gasteiger partial charge is 0.493 e. The Morgan fingerprint density at radius 1 is 1.20 bits per heavy atom. The highest BCUT2D eigenvalue weighted by Gasteiger charge is 2.11. The molecule has 156 valence electrons. The molecule has 0 aliphatic carbocycles. The zero-order valence-corrected chi connectivity index (χ0v) is 17.3. The van der Waals surface area contributed by atoms with Crippen LogP contribution in [0.4, 0.5) is 5.13 Å². The Morgan fingerprint density at radius 3 is 2.77 bits per heavy atom. The van der Waals surface area contributed by atoms with E-state index < -0.39 is 0 Å². The van der Waals surface area contributed by atoms with Crippen LogP contribution in [0.3, 0.4) is 0 Å². The van der Waals surface area contributed by atoms with Crippen molar-refractivity contribution >= 4 is 34.4 Å². The van der Waals surface area contributed by atoms with Crippen LogP contribution in [-0.4, -0.2) is 37.6 Å². The molecule has 0 unspecified atom stereocenters. The van der Waals surface area contributed by atoms with Crippen LogP contribution in [0.15, 0.2) is 52.5 Å². The molecule has 30 heavy (non-hydrogen) atoms. The van der Waals surface area contributed by atoms with E-state index in [1.54, 1.807) is 38.5 Å². The second-order valence-electron chi connectivity index (χ2n) is 6.05. The molecule has 0 saturated carbocycles. The van der Waals surface area contributed by atoms with Gasteiger partial charge in [0.15, 0.2) is 16.6 Å². The van der Waals surface area contributed by atoms with Gasteiger partial charge in [-0.25, -0.2) is 4.98 Å². The van der Waals surface area contributed by atoms with Crippen LogP contribution >= 0.6 is 11.3 Å². The fraction of sp³-hybridized carbons (Fsp3) is 0.190. The first-order valence-electron chi connectivity index (χ1n) is 9.06. The molecule has 8 nitrogen and oxygen atoms in total. The molecule has 0 bridgehead atoms. The van der Waals surface area contributed by atoms with Gasteiger partial charge in [-0.1, -0.05) is 0 Å². The SMILES string of the molecule is COc1ccc(-c2csc(NC(=O)CCNC(=O)/C=C/c3ccco3)n2)cc1OC. The van der Waals surface area contributed by atoms with E-state index in [1.165, 1.54) is 23.7 Å². The number of rotatable bonds is 9. The molecule has 0 fully saturated rings. The van der Waals surface area contributed by atoms with E-state index in [0.717, 1.165) is 5.56 Å². The lowest BCUT2D eigenvalue weighted by atomic mass is 10.1. The van der Waals surface area contributed by atoms with Crippen molar-refractivity contribution in [2.24, 2.45) is 0 Å². The number of nitrogens with zero attached hydrogens (tertiary/aromatic N) is 1. The van der Waals surface area contributed by atoms with Gasteiger partial charge in [-0.3, -0.25) is 9.59 Å². The molecule has 0 aliphatic heterocycles. The predicted molar refractivity (Wildman–Crippen MR) is 115 cm³/mol. The summed E-state index contributed by atoms with van der Waals surface area (Å²) in [6, 6.07) is 8.96. The number of hydrogen-bond acceptors (Lipinski definition) is 7. The van der Waals surface area contributed by atoms with Gasteiger partial charge in [-0.05, 0) is 36.4 Å². The number of methoxy groups -OCH3 is 2. The van der Waals surface area contributed by atoms with E-state index in [-0.39, 0.29) is 24.8 Å². The number of ether oxygens (including phenoxy) is 2. The first-order chi connectivity index (χ1) is 14.6. The Balaban J connectivity index is 1.48. The van der Waals surface area contributed by atoms with Crippen molar-refractivity contribution in [3.8, 4) is 22.8 Å². The molecule has 2 heterocycles. The van der Waals surface area contributed by atoms with Crippen molar-refractivity contribution in [1.82, 2.24) is 10.3 Å². The van der Waals surface area contributed by atoms with E-state index in [4.69, 9.17) is 13.9 Å². The summed E-state index contributed by atoms with van der Waals surface area (Å²) in [4.78, 5) is 28.3. The first kappa shape index (κ1) is 21.1. The van der Waals surface area contributed by atoms with E-state index in [0.29, 0.717) is 28.1 Å². The highest BCUT2D eigenvalue weighted by atomic mass is 32.1. The van der Waals surface area contributed by atoms with Crippen LogP contribution in [0.5, 0.6) is 11.5 Å². The maximum atomic E-state index is 12.1. The average molecular weight is 427 g/mol. The second-order valence-corrected chi connectivity index (χ2v) is 6.90. The molecule has 2 amide bonds. The quantitative estimate of drug-likeness (QED) is 0.506. The molecular formula is C21H21N3O5S. The number of aromatic nitrogens is 1. The highest BCUT2D eigenvalue weighted by Crippen LogP contribution is 2.33. The minimum absolute atomic E-state index is 0.131. The number of thiazole rings is 1. The van der Waals surface area contributed by atoms with Crippen molar-refractivity contribution in [2.75, 3.05) is 26.1 Å². The molecule has 3 rings (SSSR count). The number of nitrogens with one attached hydrogen (secondary N) is 2. The van der Waals surface area contributed by atoms with E-state index >= 15 is 0 Å². The Morgan fingerprint density at radius 2 is 2.03 bits per heavy atom. The molecule has 0 saturated heterocycles. The van der Waals surface area contributed by atoms with E-state index in [9.17, 15) is 9.59 Å². The summed E-state index contributed by atoms with van der Waals surface area (Å²) in [5.74, 6) is 1.27. The molecule has 0 radical (unpaired) electrons. The van der Waals surface area contributed by atoms with Gasteiger partial charge in [-0.15, -0.1) is 11.3 Å². The first-order valence-corrected chi connectivity index (χ1v) is 9.94. The van der Waals surface area contributed by atoms with Crippen LogP contribution < -0.4 is 20.1 Å². The standard InChI is InChI=1S/C21H21N3O5S/c1-27-17-7-5-14(12-18(17)28-2)16-13-30-21(23-16)24-20(26)9-10-22-19(25)8-6-15-4-3-11-29-15/h3-8,11-13H,9-10H2,1-2H3,(H,22,25)(H,23,24,26)/b8-6+. The minimum Gasteiger partial charge on any atom is -0.493 e. The van der Waals surface area contributed by atoms with Crippen molar-refractivity contribution < 1.29 is 23.5 Å². The molecular weight excluding hydrogens is 406 g/mol. The fourth-order valence-corrected chi connectivity index (χ4v) is 3.28. The number of anilines is 1. The summed E-state index contributed by atoms with van der Waals surface area (Å²) in [6.45, 7) is 0.209. The minimum atomic E-state index is -0.302. The zero-order chi connectivity index (χ0) is 21.3. The van der Waals surface area contributed by atoms with Gasteiger partial charge in [0, 0.05) is 30.0 Å². The van der Waals surface area contributed by atoms with Gasteiger partial charge in [-0.2, -0.15) is 0 Å². The molecule has 9 heteroatoms. The molecule has 2 N–H and O–H groups in total. The summed E-state index contributed by atoms with van der Waals surface area (Å²) in [5.41, 5.74) is 1.56. The molecule has 1 aromatic carbocycles. The number of benzene rings is 1. The average Bonchev–Trinajstić information content (AvgIpc) is 3.44. The summed E-state index contributed by atoms with van der Waals surface area (Å²) < 4.78 is 15.6. The summed E-state index contributed by atoms with van der Waals surface area (Å²) >= 11 is 1.32. The lowest BCUT2D eigenvalue weighted by Crippen LogP contribution is -2.26. The van der Waals surface area contributed by atoms with Crippen LogP contribution in [0, 0.1) is 0 Å². The fourth-order valence-electron chi connectivity index (χ4n) is 2.54. The summed E-state index contributed by atoms with van der Waals surface area (Å²) in [7, 11) is 3.14. The molecule has 0 spiro atoms. The topological polar surface area (TPSA) is 103 Å². The normalized spacial score (nSPS) is 10.7. The van der Waals surface area contributed by atoms with Crippen LogP contribution in [-0.2, 0) is 9.59 Å². The van der Waals surface area contributed by atoms with Gasteiger partial charge in [0.1, 0.15) is 5.76 Å². The molecule has 2 aromatic heterocycles. The van der Waals surface area contributed by atoms with Gasteiger partial charge < -0.3 is 24.5 Å². The number of amides is 2. The third kappa shape index (κ3) is 5.71. The van der Waals surface area contributed by atoms with E-state index in [2.05, 4.69) is 15.6 Å². The number of hydrogen-bond donors (Lipinski definition) is 2. The van der Waals surface area contributed by atoms with Crippen LogP contribution in [0.2, 0.25) is 0 Å². The summed E-state index contributed by atoms with van der Waals surface area (Å²) in [6.07, 6.45) is 4.57. The van der Waals surface area contributed by atoms with E-state index in [1.807, 2.05) is 17.5 Å². The Kier molecular flexibility index (Phi) is 7.23. The smallest absolute Gasteiger partial charge is 0.244 e. The van der Waals surface area contributed by atoms with Gasteiger partial charge in [0.2, 0.25) is 11.8 Å². The molecule has 0 atom stereocenters. The predicted octanol–water partition coefficient (Wildman–Crippen LogP) is 3.58. The van der Waals surface area contributed by atoms with Crippen molar-refractivity contribution in [2.45, 2.75) is 6.42 Å². The highest BCUT2D eigenvalue weighted by molar-refractivity contribution is 7.14. The number of carbonyl (C=O) groups is 2. The van der Waals surface area contributed by atoms with Gasteiger partial charge >= 0.3 is 0 Å². The maximum Gasteiger partial charge on any atom is 0.244 e. The Labute approximate surface area is 177 Å². The van der Waals surface area contributed by atoms with Crippen LogP contribution in [0.25, 0.3) is 17.3 Å². The zero-order valence-electron chi connectivity index (χ0n) is 16.5. The lowest BCUT2D eigenvalue weighted by molar-refractivity contribution is -0.117. The Bertz CT molecular complexity index is 1030. The number of carbonyl (C=O) groups excluding carboxylic acids is 2. The van der Waals surface area contributed by atoms with Gasteiger partial charge in [0.25, 0.3) is 0 Å². The van der Waals surface area contributed by atoms with Crippen molar-refractivity contribution in [3.05, 3.63) is 53.8 Å². The number of furan rings is 1. The summed E-state index contributed by atoms with van der Waals surface area (Å²) in [5, 5.41) is 7.71. The second kappa shape index (κ2) is 10.3. The van der Waals surface area contributed by atoms with Crippen molar-refractivity contribution in [3.63, 3.8) is 0 Å². The monoisotopic (exact) mass is 427 g/mol. The molecule has 3 aromatic rings.